The smallest absolute Gasteiger partial charge is 0.315 e. The van der Waals surface area contributed by atoms with Gasteiger partial charge in [0.15, 0.2) is 0 Å². The second kappa shape index (κ2) is 7.01. The van der Waals surface area contributed by atoms with Crippen LogP contribution in [0.15, 0.2) is 11.6 Å². The molecule has 1 aromatic rings. The molecule has 1 heterocycles. The van der Waals surface area contributed by atoms with E-state index in [1.165, 1.54) is 32.1 Å². The third-order valence-electron chi connectivity index (χ3n) is 4.42. The molecule has 4 nitrogen and oxygen atoms in total. The number of thiazole rings is 1. The molecule has 116 valence electrons. The molecule has 2 aliphatic rings. The molecule has 0 radical (unpaired) electrons. The van der Waals surface area contributed by atoms with Gasteiger partial charge in [-0.1, -0.05) is 12.8 Å². The molecule has 0 aromatic carbocycles. The van der Waals surface area contributed by atoms with Crippen LogP contribution in [0, 0.1) is 5.92 Å². The number of nitrogens with zero attached hydrogens (tertiary/aromatic N) is 1. The molecule has 2 amide bonds. The fourth-order valence-corrected chi connectivity index (χ4v) is 4.81. The lowest BCUT2D eigenvalue weighted by Crippen LogP contribution is -2.49. The zero-order chi connectivity index (χ0) is 14.7. The Balaban J connectivity index is 1.57. The summed E-state index contributed by atoms with van der Waals surface area (Å²) in [5.41, 5.74) is 0. The first-order valence-corrected chi connectivity index (χ1v) is 9.94. The highest BCUT2D eigenvalue weighted by molar-refractivity contribution is 7.99. The molecule has 2 fully saturated rings. The number of hydrogen-bond acceptors (Lipinski definition) is 4. The number of thioether (sulfide) groups is 1. The van der Waals surface area contributed by atoms with Crippen LogP contribution in [0.1, 0.15) is 49.6 Å². The average Bonchev–Trinajstić information content (AvgIpc) is 3.19. The van der Waals surface area contributed by atoms with Gasteiger partial charge in [0.1, 0.15) is 5.01 Å². The van der Waals surface area contributed by atoms with Gasteiger partial charge >= 0.3 is 6.03 Å². The molecule has 0 aliphatic heterocycles. The first kappa shape index (κ1) is 15.2. The maximum atomic E-state index is 12.4. The van der Waals surface area contributed by atoms with Gasteiger partial charge in [-0.05, 0) is 37.9 Å². The molecule has 1 aromatic heterocycles. The van der Waals surface area contributed by atoms with E-state index in [9.17, 15) is 4.79 Å². The summed E-state index contributed by atoms with van der Waals surface area (Å²) in [4.78, 5) is 16.7. The number of nitrogens with one attached hydrogen (secondary N) is 2. The molecule has 0 saturated heterocycles. The second-order valence-electron chi connectivity index (χ2n) is 5.97. The Bertz CT molecular complexity index is 461. The van der Waals surface area contributed by atoms with Crippen LogP contribution in [0.2, 0.25) is 0 Å². The predicted octanol–water partition coefficient (Wildman–Crippen LogP) is 3.57. The number of carbonyl (C=O) groups is 1. The van der Waals surface area contributed by atoms with Gasteiger partial charge in [0.2, 0.25) is 0 Å². The van der Waals surface area contributed by atoms with Crippen molar-refractivity contribution in [2.75, 3.05) is 6.26 Å². The lowest BCUT2D eigenvalue weighted by Gasteiger charge is -2.31. The Morgan fingerprint density at radius 3 is 2.86 bits per heavy atom. The highest BCUT2D eigenvalue weighted by Crippen LogP contribution is 2.41. The van der Waals surface area contributed by atoms with E-state index in [0.29, 0.717) is 17.2 Å². The van der Waals surface area contributed by atoms with Crippen molar-refractivity contribution in [3.63, 3.8) is 0 Å². The van der Waals surface area contributed by atoms with Crippen LogP contribution in [-0.4, -0.2) is 28.6 Å². The molecular weight excluding hydrogens is 302 g/mol. The third kappa shape index (κ3) is 3.92. The maximum absolute atomic E-state index is 12.4. The first-order valence-electron chi connectivity index (χ1n) is 7.77. The summed E-state index contributed by atoms with van der Waals surface area (Å²) in [5, 5.41) is 9.94. The number of carbonyl (C=O) groups excluding carboxylic acids is 1. The van der Waals surface area contributed by atoms with Crippen LogP contribution in [0.4, 0.5) is 4.79 Å². The number of amides is 2. The summed E-state index contributed by atoms with van der Waals surface area (Å²) < 4.78 is 0. The molecule has 6 heteroatoms. The fourth-order valence-electron chi connectivity index (χ4n) is 3.09. The van der Waals surface area contributed by atoms with Gasteiger partial charge in [-0.3, -0.25) is 0 Å². The van der Waals surface area contributed by atoms with Gasteiger partial charge in [0.05, 0.1) is 6.04 Å². The van der Waals surface area contributed by atoms with Gasteiger partial charge in [0.25, 0.3) is 0 Å². The first-order chi connectivity index (χ1) is 10.3. The van der Waals surface area contributed by atoms with Crippen LogP contribution in [0.5, 0.6) is 0 Å². The Morgan fingerprint density at radius 1 is 1.38 bits per heavy atom. The number of hydrogen-bond donors (Lipinski definition) is 2. The normalized spacial score (nSPS) is 27.1. The molecule has 2 N–H and O–H groups in total. The van der Waals surface area contributed by atoms with E-state index in [4.69, 9.17) is 0 Å². The quantitative estimate of drug-likeness (QED) is 0.870. The van der Waals surface area contributed by atoms with E-state index in [1.54, 1.807) is 11.3 Å². The van der Waals surface area contributed by atoms with Crippen LogP contribution in [0.3, 0.4) is 0 Å². The van der Waals surface area contributed by atoms with E-state index in [0.717, 1.165) is 11.4 Å². The monoisotopic (exact) mass is 325 g/mol. The molecule has 0 spiro atoms. The Morgan fingerprint density at radius 2 is 2.19 bits per heavy atom. The molecule has 2 saturated carbocycles. The van der Waals surface area contributed by atoms with Crippen molar-refractivity contribution in [3.05, 3.63) is 16.6 Å². The molecule has 0 unspecified atom stereocenters. The molecule has 2 aliphatic carbocycles. The molecule has 3 atom stereocenters. The second-order valence-corrected chi connectivity index (χ2v) is 7.97. The maximum Gasteiger partial charge on any atom is 0.315 e. The predicted molar refractivity (Wildman–Crippen MR) is 88.8 cm³/mol. The van der Waals surface area contributed by atoms with Crippen molar-refractivity contribution in [2.24, 2.45) is 5.92 Å². The third-order valence-corrected chi connectivity index (χ3v) is 6.45. The van der Waals surface area contributed by atoms with E-state index in [1.807, 2.05) is 23.3 Å². The number of rotatable bonds is 5. The van der Waals surface area contributed by atoms with Crippen molar-refractivity contribution >= 4 is 29.1 Å². The largest absolute Gasteiger partial charge is 0.334 e. The van der Waals surface area contributed by atoms with Crippen molar-refractivity contribution < 1.29 is 4.79 Å². The van der Waals surface area contributed by atoms with Crippen LogP contribution in [0.25, 0.3) is 0 Å². The highest BCUT2D eigenvalue weighted by atomic mass is 32.2. The van der Waals surface area contributed by atoms with Crippen molar-refractivity contribution in [3.8, 4) is 0 Å². The standard InChI is InChI=1S/C15H23N3OS2/c1-20-12-5-3-2-4-11(12)17-15(19)18-13(10-6-7-10)14-16-8-9-21-14/h8-13H,2-7H2,1H3,(H2,17,18,19)/t11-,12+,13-/m0/s1. The van der Waals surface area contributed by atoms with E-state index < -0.39 is 0 Å². The van der Waals surface area contributed by atoms with Crippen molar-refractivity contribution in [1.29, 1.82) is 0 Å². The average molecular weight is 326 g/mol. The summed E-state index contributed by atoms with van der Waals surface area (Å²) in [6, 6.07) is 0.388. The minimum Gasteiger partial charge on any atom is -0.334 e. The van der Waals surface area contributed by atoms with E-state index in [-0.39, 0.29) is 12.1 Å². The van der Waals surface area contributed by atoms with Crippen LogP contribution < -0.4 is 10.6 Å². The zero-order valence-corrected chi connectivity index (χ0v) is 14.0. The Labute approximate surface area is 134 Å². The Kier molecular flexibility index (Phi) is 5.06. The topological polar surface area (TPSA) is 54.0 Å². The van der Waals surface area contributed by atoms with Crippen molar-refractivity contribution in [2.45, 2.75) is 55.9 Å². The lowest BCUT2D eigenvalue weighted by atomic mass is 9.95. The molecule has 0 bridgehead atoms. The minimum absolute atomic E-state index is 0.0203. The lowest BCUT2D eigenvalue weighted by molar-refractivity contribution is 0.228. The van der Waals surface area contributed by atoms with Gasteiger partial charge in [0, 0.05) is 22.9 Å². The summed E-state index contributed by atoms with van der Waals surface area (Å²) in [7, 11) is 0. The van der Waals surface area contributed by atoms with Gasteiger partial charge in [-0.15, -0.1) is 11.3 Å². The van der Waals surface area contributed by atoms with E-state index >= 15 is 0 Å². The summed E-state index contributed by atoms with van der Waals surface area (Å²) in [5.74, 6) is 0.574. The zero-order valence-electron chi connectivity index (χ0n) is 12.4. The summed E-state index contributed by atoms with van der Waals surface area (Å²) in [6.45, 7) is 0. The van der Waals surface area contributed by atoms with Gasteiger partial charge in [-0.2, -0.15) is 11.8 Å². The summed E-state index contributed by atoms with van der Waals surface area (Å²) in [6.07, 6.45) is 11.2. The van der Waals surface area contributed by atoms with Gasteiger partial charge in [-0.25, -0.2) is 9.78 Å². The fraction of sp³-hybridized carbons (Fsp3) is 0.733. The van der Waals surface area contributed by atoms with Crippen molar-refractivity contribution in [1.82, 2.24) is 15.6 Å². The van der Waals surface area contributed by atoms with Gasteiger partial charge < -0.3 is 10.6 Å². The minimum atomic E-state index is -0.0203. The van der Waals surface area contributed by atoms with E-state index in [2.05, 4.69) is 21.9 Å². The SMILES string of the molecule is CS[C@@H]1CCCC[C@@H]1NC(=O)N[C@H](c1nccs1)C1CC1. The molecular formula is C15H23N3OS2. The summed E-state index contributed by atoms with van der Waals surface area (Å²) >= 11 is 3.51. The number of urea groups is 1. The Hall–Kier alpha value is -0.750. The highest BCUT2D eigenvalue weighted by Gasteiger charge is 2.35. The molecule has 21 heavy (non-hydrogen) atoms. The van der Waals surface area contributed by atoms with Crippen LogP contribution >= 0.6 is 23.1 Å². The molecule has 3 rings (SSSR count). The van der Waals surface area contributed by atoms with Crippen LogP contribution in [-0.2, 0) is 0 Å². The number of aromatic nitrogens is 1.